The molecule has 0 saturated carbocycles. The van der Waals surface area contributed by atoms with E-state index < -0.39 is 0 Å². The Hall–Kier alpha value is -2.68. The van der Waals surface area contributed by atoms with Crippen LogP contribution in [0.25, 0.3) is 0 Å². The molecule has 0 unspecified atom stereocenters. The molecule has 4 rings (SSSR count). The molecule has 2 aliphatic heterocycles. The molecule has 2 aromatic rings. The van der Waals surface area contributed by atoms with Crippen molar-refractivity contribution in [2.24, 2.45) is 0 Å². The first-order valence-corrected chi connectivity index (χ1v) is 11.4. The Morgan fingerprint density at radius 1 is 1.20 bits per heavy atom. The van der Waals surface area contributed by atoms with Crippen LogP contribution < -0.4 is 20.0 Å². The number of carbonyl (C=O) groups excluding carboxylic acids is 2. The van der Waals surface area contributed by atoms with Crippen LogP contribution >= 0.6 is 11.3 Å². The number of anilines is 3. The second-order valence-electron chi connectivity index (χ2n) is 7.77. The number of carbonyl (C=O) groups is 2. The fraction of sp³-hybridized carbons (Fsp3) is 0.524. The number of rotatable bonds is 8. The Labute approximate surface area is 180 Å². The number of hydrogen-bond donors (Lipinski definition) is 1. The maximum Gasteiger partial charge on any atom is 0.242 e. The minimum atomic E-state index is -0.216. The van der Waals surface area contributed by atoms with Crippen LogP contribution in [0.1, 0.15) is 32.1 Å². The Bertz CT molecular complexity index is 873. The van der Waals surface area contributed by atoms with Crippen LogP contribution in [-0.4, -0.2) is 61.3 Å². The van der Waals surface area contributed by atoms with E-state index in [1.165, 1.54) is 17.0 Å². The lowest BCUT2D eigenvalue weighted by atomic mass is 10.2. The van der Waals surface area contributed by atoms with E-state index in [4.69, 9.17) is 0 Å². The summed E-state index contributed by atoms with van der Waals surface area (Å²) in [6.45, 7) is 3.01. The molecule has 160 valence electrons. The third-order valence-electron chi connectivity index (χ3n) is 5.68. The van der Waals surface area contributed by atoms with Gasteiger partial charge in [0.25, 0.3) is 0 Å². The van der Waals surface area contributed by atoms with Crippen molar-refractivity contribution in [1.29, 1.82) is 0 Å². The van der Waals surface area contributed by atoms with E-state index in [1.807, 2.05) is 23.1 Å². The molecule has 0 radical (unpaired) electrons. The molecule has 1 aromatic carbocycles. The van der Waals surface area contributed by atoms with Gasteiger partial charge in [-0.2, -0.15) is 0 Å². The third-order valence-corrected chi connectivity index (χ3v) is 6.66. The van der Waals surface area contributed by atoms with Gasteiger partial charge in [0.1, 0.15) is 6.04 Å². The van der Waals surface area contributed by atoms with Crippen molar-refractivity contribution in [3.63, 3.8) is 0 Å². The van der Waals surface area contributed by atoms with Crippen LogP contribution in [0.2, 0.25) is 0 Å². The van der Waals surface area contributed by atoms with Crippen molar-refractivity contribution in [3.05, 3.63) is 30.3 Å². The van der Waals surface area contributed by atoms with Gasteiger partial charge in [-0.05, 0) is 37.8 Å². The summed E-state index contributed by atoms with van der Waals surface area (Å²) in [5, 5.41) is 12.9. The molecule has 0 spiro atoms. The van der Waals surface area contributed by atoms with Gasteiger partial charge in [-0.15, -0.1) is 10.2 Å². The minimum absolute atomic E-state index is 0.0452. The van der Waals surface area contributed by atoms with Crippen LogP contribution in [0.4, 0.5) is 16.0 Å². The molecule has 30 heavy (non-hydrogen) atoms. The van der Waals surface area contributed by atoms with Gasteiger partial charge in [0.05, 0.1) is 0 Å². The molecule has 1 N–H and O–H groups in total. The summed E-state index contributed by atoms with van der Waals surface area (Å²) in [6.07, 6.45) is 4.08. The minimum Gasteiger partial charge on any atom is -0.375 e. The first-order valence-electron chi connectivity index (χ1n) is 10.6. The highest BCUT2D eigenvalue weighted by atomic mass is 32.1. The maximum atomic E-state index is 12.8. The van der Waals surface area contributed by atoms with Gasteiger partial charge in [0.15, 0.2) is 0 Å². The first kappa shape index (κ1) is 20.6. The Morgan fingerprint density at radius 2 is 2.00 bits per heavy atom. The van der Waals surface area contributed by atoms with Crippen molar-refractivity contribution >= 4 is 39.1 Å². The fourth-order valence-electron chi connectivity index (χ4n) is 4.01. The Kier molecular flexibility index (Phi) is 6.47. The molecule has 1 atom stereocenters. The van der Waals surface area contributed by atoms with E-state index in [0.29, 0.717) is 24.6 Å². The van der Waals surface area contributed by atoms with Crippen LogP contribution in [0.15, 0.2) is 30.3 Å². The normalized spacial score (nSPS) is 18.8. The third kappa shape index (κ3) is 4.56. The Morgan fingerprint density at radius 3 is 2.77 bits per heavy atom. The number of para-hydroxylation sites is 1. The van der Waals surface area contributed by atoms with Crippen molar-refractivity contribution in [2.75, 3.05) is 47.9 Å². The predicted octanol–water partition coefficient (Wildman–Crippen LogP) is 2.28. The van der Waals surface area contributed by atoms with E-state index in [-0.39, 0.29) is 17.9 Å². The SMILES string of the molecule is CN(CCCNC(=O)[C@@H]1CCCN1c1nnc(N2CCCC2=O)s1)c1ccccc1. The van der Waals surface area contributed by atoms with Crippen LogP contribution in [0, 0.1) is 0 Å². The summed E-state index contributed by atoms with van der Waals surface area (Å²) in [7, 11) is 2.06. The van der Waals surface area contributed by atoms with E-state index in [1.54, 1.807) is 4.90 Å². The first-order chi connectivity index (χ1) is 14.6. The van der Waals surface area contributed by atoms with Crippen LogP contribution in [0.5, 0.6) is 0 Å². The van der Waals surface area contributed by atoms with E-state index in [9.17, 15) is 9.59 Å². The topological polar surface area (TPSA) is 81.7 Å². The molecule has 0 aliphatic carbocycles. The van der Waals surface area contributed by atoms with Crippen LogP contribution in [-0.2, 0) is 9.59 Å². The van der Waals surface area contributed by atoms with Crippen molar-refractivity contribution in [2.45, 2.75) is 38.1 Å². The summed E-state index contributed by atoms with van der Waals surface area (Å²) in [6, 6.07) is 10.0. The average molecular weight is 429 g/mol. The number of nitrogens with zero attached hydrogens (tertiary/aromatic N) is 5. The fourth-order valence-corrected chi connectivity index (χ4v) is 4.97. The van der Waals surface area contributed by atoms with E-state index in [2.05, 4.69) is 39.6 Å². The number of amides is 2. The number of benzene rings is 1. The van der Waals surface area contributed by atoms with Gasteiger partial charge in [-0.1, -0.05) is 29.5 Å². The number of nitrogens with one attached hydrogen (secondary N) is 1. The van der Waals surface area contributed by atoms with Crippen molar-refractivity contribution < 1.29 is 9.59 Å². The van der Waals surface area contributed by atoms with Crippen molar-refractivity contribution in [3.8, 4) is 0 Å². The molecule has 1 aromatic heterocycles. The smallest absolute Gasteiger partial charge is 0.242 e. The van der Waals surface area contributed by atoms with Crippen LogP contribution in [0.3, 0.4) is 0 Å². The highest BCUT2D eigenvalue weighted by Gasteiger charge is 2.34. The quantitative estimate of drug-likeness (QED) is 0.650. The highest BCUT2D eigenvalue weighted by molar-refractivity contribution is 7.19. The van der Waals surface area contributed by atoms with Gasteiger partial charge in [-0.3, -0.25) is 14.5 Å². The van der Waals surface area contributed by atoms with Gasteiger partial charge < -0.3 is 15.1 Å². The second-order valence-corrected chi connectivity index (χ2v) is 8.70. The lowest BCUT2D eigenvalue weighted by molar-refractivity contribution is -0.122. The lowest BCUT2D eigenvalue weighted by Gasteiger charge is -2.23. The zero-order chi connectivity index (χ0) is 20.9. The highest BCUT2D eigenvalue weighted by Crippen LogP contribution is 2.33. The molecule has 9 heteroatoms. The molecule has 8 nitrogen and oxygen atoms in total. The molecule has 2 aliphatic rings. The van der Waals surface area contributed by atoms with Gasteiger partial charge in [-0.25, -0.2) is 0 Å². The molecule has 0 bridgehead atoms. The van der Waals surface area contributed by atoms with Gasteiger partial charge in [0.2, 0.25) is 22.1 Å². The molecule has 2 saturated heterocycles. The molecule has 2 fully saturated rings. The zero-order valence-corrected chi connectivity index (χ0v) is 18.1. The number of hydrogen-bond acceptors (Lipinski definition) is 7. The maximum absolute atomic E-state index is 12.8. The summed E-state index contributed by atoms with van der Waals surface area (Å²) in [4.78, 5) is 30.7. The molecular weight excluding hydrogens is 400 g/mol. The predicted molar refractivity (Wildman–Crippen MR) is 119 cm³/mol. The molecular formula is C21H28N6O2S. The summed E-state index contributed by atoms with van der Waals surface area (Å²) >= 11 is 1.40. The second kappa shape index (κ2) is 9.42. The molecule has 2 amide bonds. The average Bonchev–Trinajstić information content (AvgIpc) is 3.51. The summed E-state index contributed by atoms with van der Waals surface area (Å²) in [5.41, 5.74) is 1.18. The largest absolute Gasteiger partial charge is 0.375 e. The van der Waals surface area contributed by atoms with Crippen molar-refractivity contribution in [1.82, 2.24) is 15.5 Å². The monoisotopic (exact) mass is 428 g/mol. The van der Waals surface area contributed by atoms with E-state index >= 15 is 0 Å². The molecule has 3 heterocycles. The standard InChI is InChI=1S/C21H28N6O2S/c1-25(16-8-3-2-4-9-16)13-7-12-22-19(29)17-10-5-14-26(17)20-23-24-21(30-20)27-15-6-11-18(27)28/h2-4,8-9,17H,5-7,10-15H2,1H3,(H,22,29)/t17-/m0/s1. The number of aromatic nitrogens is 2. The summed E-state index contributed by atoms with van der Waals surface area (Å²) in [5.74, 6) is 0.151. The summed E-state index contributed by atoms with van der Waals surface area (Å²) < 4.78 is 0. The van der Waals surface area contributed by atoms with E-state index in [0.717, 1.165) is 43.9 Å². The van der Waals surface area contributed by atoms with Gasteiger partial charge >= 0.3 is 0 Å². The van der Waals surface area contributed by atoms with Gasteiger partial charge in [0, 0.05) is 45.3 Å². The Balaban J connectivity index is 1.27. The lowest BCUT2D eigenvalue weighted by Crippen LogP contribution is -2.44. The zero-order valence-electron chi connectivity index (χ0n) is 17.3.